The summed E-state index contributed by atoms with van der Waals surface area (Å²) in [5.74, 6) is -0.921. The van der Waals surface area contributed by atoms with Gasteiger partial charge in [-0.25, -0.2) is 17.8 Å². The average molecular weight is 376 g/mol. The second kappa shape index (κ2) is 6.85. The van der Waals surface area contributed by atoms with Gasteiger partial charge < -0.3 is 10.7 Å². The lowest BCUT2D eigenvalue weighted by atomic mass is 10.1. The number of carbonyl (C=O) groups excluding carboxylic acids is 1. The molecular formula is C17H17FN4O3S. The molecule has 0 fully saturated rings. The van der Waals surface area contributed by atoms with Gasteiger partial charge in [-0.05, 0) is 30.3 Å². The van der Waals surface area contributed by atoms with E-state index in [4.69, 9.17) is 5.73 Å². The van der Waals surface area contributed by atoms with Crippen LogP contribution in [0.25, 0.3) is 22.0 Å². The van der Waals surface area contributed by atoms with Gasteiger partial charge in [0.1, 0.15) is 5.82 Å². The summed E-state index contributed by atoms with van der Waals surface area (Å²) < 4.78 is 39.2. The van der Waals surface area contributed by atoms with Gasteiger partial charge in [0.05, 0.1) is 0 Å². The van der Waals surface area contributed by atoms with E-state index in [1.54, 1.807) is 18.3 Å². The van der Waals surface area contributed by atoms with Crippen LogP contribution < -0.4 is 5.73 Å². The summed E-state index contributed by atoms with van der Waals surface area (Å²) in [6.07, 6.45) is 3.09. The first kappa shape index (κ1) is 18.0. The molecular weight excluding hydrogens is 359 g/mol. The molecule has 7 nitrogen and oxygen atoms in total. The van der Waals surface area contributed by atoms with Crippen LogP contribution in [0, 0.1) is 5.82 Å². The Morgan fingerprint density at radius 2 is 2.08 bits per heavy atom. The van der Waals surface area contributed by atoms with Crippen molar-refractivity contribution in [2.45, 2.75) is 11.4 Å². The maximum absolute atomic E-state index is 13.3. The fourth-order valence-electron chi connectivity index (χ4n) is 2.58. The number of amides is 1. The van der Waals surface area contributed by atoms with Crippen molar-refractivity contribution < 1.29 is 17.6 Å². The highest BCUT2D eigenvalue weighted by Gasteiger charge is 2.22. The fraction of sp³-hybridized carbons (Fsp3) is 0.176. The van der Waals surface area contributed by atoms with Gasteiger partial charge in [0.25, 0.3) is 10.0 Å². The molecule has 1 aromatic carbocycles. The number of nitrogens with zero attached hydrogens (tertiary/aromatic N) is 2. The summed E-state index contributed by atoms with van der Waals surface area (Å²) >= 11 is 0. The third kappa shape index (κ3) is 3.44. The molecule has 2 aromatic heterocycles. The normalized spacial score (nSPS) is 12.0. The fourth-order valence-corrected chi connectivity index (χ4v) is 3.65. The molecule has 0 aliphatic rings. The number of hydrogen-bond acceptors (Lipinski definition) is 4. The molecule has 0 aliphatic carbocycles. The van der Waals surface area contributed by atoms with Gasteiger partial charge in [-0.3, -0.25) is 4.79 Å². The number of benzene rings is 1. The van der Waals surface area contributed by atoms with E-state index in [1.165, 1.54) is 31.4 Å². The first-order chi connectivity index (χ1) is 12.3. The Labute approximate surface area is 149 Å². The third-order valence-electron chi connectivity index (χ3n) is 4.04. The van der Waals surface area contributed by atoms with Crippen molar-refractivity contribution in [2.75, 3.05) is 13.6 Å². The average Bonchev–Trinajstić information content (AvgIpc) is 3.02. The quantitative estimate of drug-likeness (QED) is 0.684. The number of rotatable bonds is 6. The number of aromatic nitrogens is 2. The van der Waals surface area contributed by atoms with E-state index < -0.39 is 15.9 Å². The number of fused-ring (bicyclic) bond motifs is 1. The molecule has 1 amide bonds. The second-order valence-electron chi connectivity index (χ2n) is 5.82. The number of hydrogen-bond donors (Lipinski definition) is 2. The molecule has 0 radical (unpaired) electrons. The topological polar surface area (TPSA) is 109 Å². The number of H-pyrrole nitrogens is 1. The minimum absolute atomic E-state index is 0.0187. The Balaban J connectivity index is 1.89. The van der Waals surface area contributed by atoms with Crippen LogP contribution in [0.2, 0.25) is 0 Å². The standard InChI is InChI=1S/C17H17FN4O3S/c1-22(7-6-16(19)23)26(24,25)17-5-2-11(9-21-17)14-10-20-15-8-12(18)3-4-13(14)15/h2-5,8-10,20H,6-7H2,1H3,(H2,19,23). The van der Waals surface area contributed by atoms with Crippen molar-refractivity contribution in [1.82, 2.24) is 14.3 Å². The number of aromatic amines is 1. The van der Waals surface area contributed by atoms with Crippen LogP contribution in [-0.4, -0.2) is 42.2 Å². The van der Waals surface area contributed by atoms with Gasteiger partial charge in [0.15, 0.2) is 5.03 Å². The summed E-state index contributed by atoms with van der Waals surface area (Å²) in [4.78, 5) is 17.9. The summed E-state index contributed by atoms with van der Waals surface area (Å²) in [5, 5.41) is 0.682. The van der Waals surface area contributed by atoms with Crippen LogP contribution in [0.4, 0.5) is 4.39 Å². The number of primary amides is 1. The molecule has 0 saturated heterocycles. The lowest BCUT2D eigenvalue weighted by Gasteiger charge is -2.15. The zero-order chi connectivity index (χ0) is 18.9. The lowest BCUT2D eigenvalue weighted by molar-refractivity contribution is -0.118. The molecule has 3 aromatic rings. The molecule has 26 heavy (non-hydrogen) atoms. The maximum atomic E-state index is 13.3. The van der Waals surface area contributed by atoms with Crippen LogP contribution in [0.5, 0.6) is 0 Å². The molecule has 9 heteroatoms. The third-order valence-corrected chi connectivity index (χ3v) is 5.81. The minimum atomic E-state index is -3.81. The highest BCUT2D eigenvalue weighted by atomic mass is 32.2. The van der Waals surface area contributed by atoms with Crippen molar-refractivity contribution in [3.63, 3.8) is 0 Å². The molecule has 2 heterocycles. The summed E-state index contributed by atoms with van der Waals surface area (Å²) in [7, 11) is -2.45. The molecule has 0 saturated carbocycles. The van der Waals surface area contributed by atoms with Crippen molar-refractivity contribution in [1.29, 1.82) is 0 Å². The molecule has 3 N–H and O–H groups in total. The summed E-state index contributed by atoms with van der Waals surface area (Å²) in [5.41, 5.74) is 7.18. The monoisotopic (exact) mass is 376 g/mol. The predicted molar refractivity (Wildman–Crippen MR) is 95.1 cm³/mol. The number of pyridine rings is 1. The van der Waals surface area contributed by atoms with Crippen molar-refractivity contribution in [3.05, 3.63) is 48.5 Å². The van der Waals surface area contributed by atoms with Gasteiger partial charge in [0, 0.05) is 54.4 Å². The van der Waals surface area contributed by atoms with Gasteiger partial charge in [-0.2, -0.15) is 4.31 Å². The second-order valence-corrected chi connectivity index (χ2v) is 7.81. The number of sulfonamides is 1. The van der Waals surface area contributed by atoms with Crippen LogP contribution >= 0.6 is 0 Å². The minimum Gasteiger partial charge on any atom is -0.370 e. The van der Waals surface area contributed by atoms with Crippen LogP contribution in [0.3, 0.4) is 0 Å². The zero-order valence-corrected chi connectivity index (χ0v) is 14.8. The van der Waals surface area contributed by atoms with Gasteiger partial charge in [0.2, 0.25) is 5.91 Å². The van der Waals surface area contributed by atoms with Crippen LogP contribution in [0.1, 0.15) is 6.42 Å². The molecule has 0 bridgehead atoms. The van der Waals surface area contributed by atoms with E-state index in [2.05, 4.69) is 9.97 Å². The maximum Gasteiger partial charge on any atom is 0.260 e. The van der Waals surface area contributed by atoms with Crippen molar-refractivity contribution in [2.24, 2.45) is 5.73 Å². The molecule has 0 atom stereocenters. The SMILES string of the molecule is CN(CCC(N)=O)S(=O)(=O)c1ccc(-c2c[nH]c3cc(F)ccc23)cn1. The van der Waals surface area contributed by atoms with Crippen molar-refractivity contribution in [3.8, 4) is 11.1 Å². The molecule has 136 valence electrons. The molecule has 0 unspecified atom stereocenters. The van der Waals surface area contributed by atoms with E-state index in [0.717, 1.165) is 15.3 Å². The Hall–Kier alpha value is -2.78. The Bertz CT molecular complexity index is 1060. The van der Waals surface area contributed by atoms with E-state index in [1.807, 2.05) is 0 Å². The molecule has 3 rings (SSSR count). The number of carbonyl (C=O) groups is 1. The lowest BCUT2D eigenvalue weighted by Crippen LogP contribution is -2.31. The van der Waals surface area contributed by atoms with Gasteiger partial charge in [-0.15, -0.1) is 0 Å². The summed E-state index contributed by atoms with van der Waals surface area (Å²) in [6, 6.07) is 7.43. The van der Waals surface area contributed by atoms with Crippen LogP contribution in [-0.2, 0) is 14.8 Å². The first-order valence-electron chi connectivity index (χ1n) is 7.77. The number of nitrogens with two attached hydrogens (primary N) is 1. The summed E-state index contributed by atoms with van der Waals surface area (Å²) in [6.45, 7) is -0.0187. The van der Waals surface area contributed by atoms with E-state index in [9.17, 15) is 17.6 Å². The predicted octanol–water partition coefficient (Wildman–Crippen LogP) is 1.86. The van der Waals surface area contributed by atoms with E-state index in [0.29, 0.717) is 11.1 Å². The highest BCUT2D eigenvalue weighted by molar-refractivity contribution is 7.89. The van der Waals surface area contributed by atoms with E-state index in [-0.39, 0.29) is 23.8 Å². The highest BCUT2D eigenvalue weighted by Crippen LogP contribution is 2.29. The number of halogens is 1. The largest absolute Gasteiger partial charge is 0.370 e. The van der Waals surface area contributed by atoms with E-state index >= 15 is 0 Å². The van der Waals surface area contributed by atoms with Crippen molar-refractivity contribution >= 4 is 26.8 Å². The Kier molecular flexibility index (Phi) is 4.75. The zero-order valence-electron chi connectivity index (χ0n) is 13.9. The molecule has 0 spiro atoms. The first-order valence-corrected chi connectivity index (χ1v) is 9.21. The number of nitrogens with one attached hydrogen (secondary N) is 1. The van der Waals surface area contributed by atoms with Gasteiger partial charge in [-0.1, -0.05) is 0 Å². The Morgan fingerprint density at radius 1 is 1.31 bits per heavy atom. The smallest absolute Gasteiger partial charge is 0.260 e. The molecule has 0 aliphatic heterocycles. The van der Waals surface area contributed by atoms with Crippen LogP contribution in [0.15, 0.2) is 47.8 Å². The Morgan fingerprint density at radius 3 is 2.73 bits per heavy atom. The van der Waals surface area contributed by atoms with Gasteiger partial charge >= 0.3 is 0 Å².